The maximum atomic E-state index is 15.4. The van der Waals surface area contributed by atoms with Gasteiger partial charge in [0.1, 0.15) is 11.6 Å². The number of benzene rings is 1. The summed E-state index contributed by atoms with van der Waals surface area (Å²) >= 11 is 0. The van der Waals surface area contributed by atoms with Crippen LogP contribution >= 0.6 is 0 Å². The molecule has 0 saturated carbocycles. The molecule has 0 spiro atoms. The van der Waals surface area contributed by atoms with Crippen molar-refractivity contribution in [2.45, 2.75) is 25.9 Å². The first kappa shape index (κ1) is 15.9. The predicted octanol–water partition coefficient (Wildman–Crippen LogP) is 3.29. The largest absolute Gasteiger partial charge is 0.339 e. The molecule has 0 radical (unpaired) electrons. The molecule has 4 rings (SSSR count). The van der Waals surface area contributed by atoms with Crippen LogP contribution in [-0.4, -0.2) is 41.1 Å². The highest BCUT2D eigenvalue weighted by Gasteiger charge is 2.32. The molecule has 3 aromatic rings. The van der Waals surface area contributed by atoms with Crippen LogP contribution in [-0.2, 0) is 0 Å². The molecule has 1 aromatic carbocycles. The van der Waals surface area contributed by atoms with Gasteiger partial charge in [-0.15, -0.1) is 0 Å². The molecule has 3 heterocycles. The third-order valence-corrected chi connectivity index (χ3v) is 5.10. The highest BCUT2D eigenvalue weighted by Crippen LogP contribution is 2.35. The molecule has 0 N–H and O–H groups in total. The zero-order valence-electron chi connectivity index (χ0n) is 14.6. The first-order valence-corrected chi connectivity index (χ1v) is 8.47. The van der Waals surface area contributed by atoms with Gasteiger partial charge >= 0.3 is 0 Å². The molecular formula is C19H20FN5. The number of fused-ring (bicyclic) bond motifs is 3. The van der Waals surface area contributed by atoms with Gasteiger partial charge in [-0.1, -0.05) is 12.1 Å². The molecule has 5 nitrogen and oxygen atoms in total. The maximum absolute atomic E-state index is 15.4. The molecule has 1 atom stereocenters. The van der Waals surface area contributed by atoms with E-state index in [4.69, 9.17) is 0 Å². The summed E-state index contributed by atoms with van der Waals surface area (Å²) in [5.41, 5.74) is 2.79. The normalized spacial score (nSPS) is 17.8. The van der Waals surface area contributed by atoms with Gasteiger partial charge in [0.2, 0.25) is 0 Å². The van der Waals surface area contributed by atoms with E-state index in [1.54, 1.807) is 6.92 Å². The van der Waals surface area contributed by atoms with Crippen molar-refractivity contribution in [3.63, 3.8) is 0 Å². The first-order chi connectivity index (χ1) is 12.0. The monoisotopic (exact) mass is 337 g/mol. The average molecular weight is 337 g/mol. The molecule has 1 fully saturated rings. The fraction of sp³-hybridized carbons (Fsp3) is 0.368. The molecule has 25 heavy (non-hydrogen) atoms. The third-order valence-electron chi connectivity index (χ3n) is 5.10. The van der Waals surface area contributed by atoms with Crippen LogP contribution in [0.5, 0.6) is 0 Å². The summed E-state index contributed by atoms with van der Waals surface area (Å²) in [4.78, 5) is 8.84. The van der Waals surface area contributed by atoms with E-state index in [0.29, 0.717) is 22.6 Å². The second-order valence-electron chi connectivity index (χ2n) is 6.79. The van der Waals surface area contributed by atoms with Crippen LogP contribution in [0.1, 0.15) is 24.0 Å². The van der Waals surface area contributed by atoms with Crippen LogP contribution < -0.4 is 4.90 Å². The molecule has 0 aliphatic carbocycles. The number of nitrogens with zero attached hydrogens (tertiary/aromatic N) is 5. The Morgan fingerprint density at radius 2 is 2.08 bits per heavy atom. The highest BCUT2D eigenvalue weighted by atomic mass is 19.1. The van der Waals surface area contributed by atoms with Crippen molar-refractivity contribution in [2.75, 3.05) is 25.5 Å². The number of pyridine rings is 1. The van der Waals surface area contributed by atoms with Crippen LogP contribution in [0.15, 0.2) is 24.3 Å². The zero-order chi connectivity index (χ0) is 17.7. The van der Waals surface area contributed by atoms with E-state index >= 15 is 4.39 Å². The van der Waals surface area contributed by atoms with Crippen molar-refractivity contribution in [3.8, 4) is 6.07 Å². The van der Waals surface area contributed by atoms with Crippen molar-refractivity contribution >= 4 is 22.5 Å². The standard InChI is InChI=1S/C19H20FN5/c1-12-13(11-21)18-22-14-7-4-5-8-15(14)25(18)19(17(12)20)24-10-6-9-16(24)23(2)3/h4-5,7-8,16H,6,9-10H2,1-3H3. The minimum absolute atomic E-state index is 0.131. The minimum atomic E-state index is -0.332. The van der Waals surface area contributed by atoms with Gasteiger partial charge in [0.25, 0.3) is 0 Å². The number of hydrogen-bond acceptors (Lipinski definition) is 4. The highest BCUT2D eigenvalue weighted by molar-refractivity contribution is 5.85. The van der Waals surface area contributed by atoms with E-state index < -0.39 is 0 Å². The second-order valence-corrected chi connectivity index (χ2v) is 6.79. The molecule has 1 unspecified atom stereocenters. The third kappa shape index (κ3) is 2.19. The Kier molecular flexibility index (Phi) is 3.62. The van der Waals surface area contributed by atoms with Crippen molar-refractivity contribution in [2.24, 2.45) is 0 Å². The lowest BCUT2D eigenvalue weighted by Gasteiger charge is -2.32. The summed E-state index contributed by atoms with van der Waals surface area (Å²) in [5, 5.41) is 9.57. The topological polar surface area (TPSA) is 47.6 Å². The number of rotatable bonds is 2. The Morgan fingerprint density at radius 3 is 2.80 bits per heavy atom. The molecule has 128 valence electrons. The first-order valence-electron chi connectivity index (χ1n) is 8.47. The summed E-state index contributed by atoms with van der Waals surface area (Å²) in [6.45, 7) is 2.45. The van der Waals surface area contributed by atoms with Gasteiger partial charge in [0, 0.05) is 12.1 Å². The van der Waals surface area contributed by atoms with Gasteiger partial charge in [0.15, 0.2) is 17.3 Å². The van der Waals surface area contributed by atoms with Crippen LogP contribution in [0.4, 0.5) is 10.2 Å². The number of imidazole rings is 1. The molecule has 0 bridgehead atoms. The van der Waals surface area contributed by atoms with Crippen LogP contribution in [0, 0.1) is 24.1 Å². The lowest BCUT2D eigenvalue weighted by Crippen LogP contribution is -2.42. The maximum Gasteiger partial charge on any atom is 0.168 e. The van der Waals surface area contributed by atoms with Gasteiger partial charge in [-0.25, -0.2) is 9.37 Å². The van der Waals surface area contributed by atoms with E-state index in [2.05, 4.69) is 20.9 Å². The number of halogens is 1. The number of aromatic nitrogens is 2. The fourth-order valence-electron chi connectivity index (χ4n) is 3.87. The Hall–Kier alpha value is -2.65. The molecular weight excluding hydrogens is 317 g/mol. The van der Waals surface area contributed by atoms with Crippen molar-refractivity contribution in [1.82, 2.24) is 14.3 Å². The lowest BCUT2D eigenvalue weighted by molar-refractivity contribution is 0.298. The van der Waals surface area contributed by atoms with Gasteiger partial charge in [-0.3, -0.25) is 9.30 Å². The Morgan fingerprint density at radius 1 is 1.32 bits per heavy atom. The minimum Gasteiger partial charge on any atom is -0.339 e. The van der Waals surface area contributed by atoms with E-state index in [0.717, 1.165) is 30.4 Å². The molecule has 1 saturated heterocycles. The van der Waals surface area contributed by atoms with E-state index in [1.165, 1.54) is 0 Å². The number of anilines is 1. The Bertz CT molecular complexity index is 1010. The Balaban J connectivity index is 2.13. The number of para-hydroxylation sites is 2. The molecule has 6 heteroatoms. The summed E-state index contributed by atoms with van der Waals surface area (Å²) in [6.07, 6.45) is 2.13. The van der Waals surface area contributed by atoms with E-state index in [1.807, 2.05) is 42.8 Å². The second kappa shape index (κ2) is 5.71. The number of hydrogen-bond donors (Lipinski definition) is 0. The van der Waals surface area contributed by atoms with Gasteiger partial charge in [-0.05, 0) is 46.0 Å². The quantitative estimate of drug-likeness (QED) is 0.720. The van der Waals surface area contributed by atoms with Crippen molar-refractivity contribution < 1.29 is 4.39 Å². The smallest absolute Gasteiger partial charge is 0.168 e. The van der Waals surface area contributed by atoms with Crippen LogP contribution in [0.3, 0.4) is 0 Å². The van der Waals surface area contributed by atoms with Crippen LogP contribution in [0.25, 0.3) is 16.7 Å². The Labute approximate surface area is 145 Å². The summed E-state index contributed by atoms with van der Waals surface area (Å²) in [7, 11) is 4.03. The summed E-state index contributed by atoms with van der Waals surface area (Å²) in [5.74, 6) is 0.178. The SMILES string of the molecule is Cc1c(F)c(N2CCCC2N(C)C)n2c(nc3ccccc32)c1C#N. The molecule has 1 aliphatic heterocycles. The van der Waals surface area contributed by atoms with Gasteiger partial charge in [0.05, 0.1) is 17.2 Å². The molecule has 1 aliphatic rings. The van der Waals surface area contributed by atoms with E-state index in [-0.39, 0.29) is 12.0 Å². The van der Waals surface area contributed by atoms with Crippen molar-refractivity contribution in [3.05, 3.63) is 41.2 Å². The fourth-order valence-corrected chi connectivity index (χ4v) is 3.87. The summed E-state index contributed by atoms with van der Waals surface area (Å²) < 4.78 is 17.2. The number of nitriles is 1. The van der Waals surface area contributed by atoms with Crippen molar-refractivity contribution in [1.29, 1.82) is 5.26 Å². The molecule has 0 amide bonds. The van der Waals surface area contributed by atoms with Crippen LogP contribution in [0.2, 0.25) is 0 Å². The van der Waals surface area contributed by atoms with E-state index in [9.17, 15) is 5.26 Å². The zero-order valence-corrected chi connectivity index (χ0v) is 14.6. The summed E-state index contributed by atoms with van der Waals surface area (Å²) in [6, 6.07) is 9.78. The lowest BCUT2D eigenvalue weighted by atomic mass is 10.1. The molecule has 2 aromatic heterocycles. The van der Waals surface area contributed by atoms with Gasteiger partial charge < -0.3 is 4.90 Å². The average Bonchev–Trinajstić information content (AvgIpc) is 3.21. The predicted molar refractivity (Wildman–Crippen MR) is 96.2 cm³/mol. The van der Waals surface area contributed by atoms with Gasteiger partial charge in [-0.2, -0.15) is 5.26 Å².